The fourth-order valence-corrected chi connectivity index (χ4v) is 2.95. The minimum Gasteiger partial charge on any atom is -0.318 e. The Morgan fingerprint density at radius 3 is 2.52 bits per heavy atom. The molecule has 0 aliphatic carbocycles. The number of benzene rings is 1. The quantitative estimate of drug-likeness (QED) is 0.558. The van der Waals surface area contributed by atoms with Gasteiger partial charge < -0.3 is 9.88 Å². The van der Waals surface area contributed by atoms with E-state index >= 15 is 0 Å². The number of carbonyl (C=O) groups excluding carboxylic acids is 1. The summed E-state index contributed by atoms with van der Waals surface area (Å²) in [5, 5.41) is 12.1. The topological polar surface area (TPSA) is 70.7 Å². The molecule has 0 radical (unpaired) electrons. The molecule has 5 heteroatoms. The van der Waals surface area contributed by atoms with Gasteiger partial charge in [0.2, 0.25) is 0 Å². The van der Waals surface area contributed by atoms with Gasteiger partial charge >= 0.3 is 0 Å². The van der Waals surface area contributed by atoms with Crippen molar-refractivity contribution >= 4 is 17.8 Å². The van der Waals surface area contributed by atoms with Crippen LogP contribution < -0.4 is 5.32 Å². The minimum atomic E-state index is -0.476. The van der Waals surface area contributed by atoms with E-state index in [1.807, 2.05) is 32.9 Å². The first kappa shape index (κ1) is 18.2. The van der Waals surface area contributed by atoms with Crippen molar-refractivity contribution in [3.8, 4) is 11.8 Å². The summed E-state index contributed by atoms with van der Waals surface area (Å²) < 4.78 is 2.11. The van der Waals surface area contributed by atoms with Crippen molar-refractivity contribution in [2.45, 2.75) is 20.8 Å². The summed E-state index contributed by atoms with van der Waals surface area (Å²) in [5.74, 6) is -0.0647. The molecule has 1 aromatic carbocycles. The number of anilines is 1. The lowest BCUT2D eigenvalue weighted by Gasteiger charge is -2.10. The number of amides is 1. The van der Waals surface area contributed by atoms with E-state index in [0.717, 1.165) is 22.6 Å². The number of nitrogens with one attached hydrogen (secondary N) is 1. The highest BCUT2D eigenvalue weighted by Crippen LogP contribution is 2.23. The fraction of sp³-hybridized carbons (Fsp3) is 0.136. The first-order valence-electron chi connectivity index (χ1n) is 8.60. The number of rotatable bonds is 4. The molecule has 134 valence electrons. The molecule has 3 aromatic rings. The Kier molecular flexibility index (Phi) is 5.18. The van der Waals surface area contributed by atoms with Gasteiger partial charge in [0.05, 0.1) is 0 Å². The van der Waals surface area contributed by atoms with Crippen LogP contribution in [0.2, 0.25) is 0 Å². The van der Waals surface area contributed by atoms with Gasteiger partial charge in [-0.3, -0.25) is 4.79 Å². The number of aryl methyl sites for hydroxylation is 2. The molecule has 0 unspecified atom stereocenters. The van der Waals surface area contributed by atoms with Crippen molar-refractivity contribution in [3.05, 3.63) is 82.8 Å². The standard InChI is InChI=1S/C22H20N4O/c1-15-7-9-20(10-8-15)26-16(2)12-18(17(26)3)13-19(14-23)22(27)25-21-6-4-5-11-24-21/h4-13H,1-3H3,(H,24,25,27)/b19-13+. The fourth-order valence-electron chi connectivity index (χ4n) is 2.95. The molecular formula is C22H20N4O. The van der Waals surface area contributed by atoms with Crippen molar-refractivity contribution in [2.75, 3.05) is 5.32 Å². The molecule has 5 nitrogen and oxygen atoms in total. The van der Waals surface area contributed by atoms with Crippen LogP contribution in [0.5, 0.6) is 0 Å². The highest BCUT2D eigenvalue weighted by molar-refractivity contribution is 6.09. The Morgan fingerprint density at radius 2 is 1.89 bits per heavy atom. The lowest BCUT2D eigenvalue weighted by atomic mass is 10.1. The van der Waals surface area contributed by atoms with Crippen LogP contribution in [-0.2, 0) is 4.79 Å². The summed E-state index contributed by atoms with van der Waals surface area (Å²) in [4.78, 5) is 16.5. The largest absolute Gasteiger partial charge is 0.318 e. The van der Waals surface area contributed by atoms with Gasteiger partial charge in [0.15, 0.2) is 0 Å². The first-order valence-corrected chi connectivity index (χ1v) is 8.60. The summed E-state index contributed by atoms with van der Waals surface area (Å²) in [6.07, 6.45) is 3.20. The number of nitrogens with zero attached hydrogens (tertiary/aromatic N) is 3. The summed E-state index contributed by atoms with van der Waals surface area (Å²) in [6, 6.07) is 17.4. The molecule has 3 rings (SSSR count). The van der Waals surface area contributed by atoms with Gasteiger partial charge in [0.1, 0.15) is 17.5 Å². The Hall–Kier alpha value is -3.65. The summed E-state index contributed by atoms with van der Waals surface area (Å²) in [7, 11) is 0. The van der Waals surface area contributed by atoms with Crippen molar-refractivity contribution in [1.29, 1.82) is 5.26 Å². The molecule has 0 fully saturated rings. The second-order valence-corrected chi connectivity index (χ2v) is 6.34. The maximum absolute atomic E-state index is 12.4. The number of nitriles is 1. The van der Waals surface area contributed by atoms with E-state index in [4.69, 9.17) is 0 Å². The van der Waals surface area contributed by atoms with Gasteiger partial charge in [-0.1, -0.05) is 23.8 Å². The SMILES string of the molecule is Cc1ccc(-n2c(C)cc(/C=C(\C#N)C(=O)Nc3ccccn3)c2C)cc1. The third kappa shape index (κ3) is 3.96. The third-order valence-electron chi connectivity index (χ3n) is 4.33. The van der Waals surface area contributed by atoms with Crippen molar-refractivity contribution in [2.24, 2.45) is 0 Å². The van der Waals surface area contributed by atoms with Crippen LogP contribution in [0.4, 0.5) is 5.82 Å². The zero-order chi connectivity index (χ0) is 19.4. The average Bonchev–Trinajstić information content (AvgIpc) is 2.94. The van der Waals surface area contributed by atoms with Gasteiger partial charge in [-0.15, -0.1) is 0 Å². The van der Waals surface area contributed by atoms with Crippen LogP contribution in [0, 0.1) is 32.1 Å². The molecule has 0 aliphatic rings. The van der Waals surface area contributed by atoms with Crippen molar-refractivity contribution in [3.63, 3.8) is 0 Å². The van der Waals surface area contributed by atoms with E-state index in [2.05, 4.69) is 39.1 Å². The predicted molar refractivity (Wildman–Crippen MR) is 106 cm³/mol. The Labute approximate surface area is 158 Å². The molecular weight excluding hydrogens is 336 g/mol. The first-order chi connectivity index (χ1) is 13.0. The van der Waals surface area contributed by atoms with E-state index in [9.17, 15) is 10.1 Å². The number of hydrogen-bond acceptors (Lipinski definition) is 3. The number of pyridine rings is 1. The third-order valence-corrected chi connectivity index (χ3v) is 4.33. The summed E-state index contributed by atoms with van der Waals surface area (Å²) >= 11 is 0. The number of hydrogen-bond donors (Lipinski definition) is 1. The van der Waals surface area contributed by atoms with Gasteiger partial charge in [0, 0.05) is 23.3 Å². The maximum Gasteiger partial charge on any atom is 0.267 e. The highest BCUT2D eigenvalue weighted by Gasteiger charge is 2.14. The van der Waals surface area contributed by atoms with Gasteiger partial charge in [0.25, 0.3) is 5.91 Å². The lowest BCUT2D eigenvalue weighted by molar-refractivity contribution is -0.112. The second-order valence-electron chi connectivity index (χ2n) is 6.34. The van der Waals surface area contributed by atoms with E-state index in [1.165, 1.54) is 5.56 Å². The molecule has 2 aromatic heterocycles. The zero-order valence-corrected chi connectivity index (χ0v) is 15.5. The molecule has 0 saturated carbocycles. The maximum atomic E-state index is 12.4. The van der Waals surface area contributed by atoms with Gasteiger partial charge in [-0.2, -0.15) is 5.26 Å². The molecule has 27 heavy (non-hydrogen) atoms. The minimum absolute atomic E-state index is 0.0322. The average molecular weight is 356 g/mol. The van der Waals surface area contributed by atoms with E-state index in [1.54, 1.807) is 30.5 Å². The second kappa shape index (κ2) is 7.71. The summed E-state index contributed by atoms with van der Waals surface area (Å²) in [6.45, 7) is 6.03. The van der Waals surface area contributed by atoms with Gasteiger partial charge in [-0.25, -0.2) is 4.98 Å². The smallest absolute Gasteiger partial charge is 0.267 e. The van der Waals surface area contributed by atoms with Crippen LogP contribution in [0.3, 0.4) is 0 Å². The Bertz CT molecular complexity index is 1040. The molecule has 0 bridgehead atoms. The highest BCUT2D eigenvalue weighted by atomic mass is 16.1. The monoisotopic (exact) mass is 356 g/mol. The van der Waals surface area contributed by atoms with Gasteiger partial charge in [-0.05, 0) is 62.7 Å². The lowest BCUT2D eigenvalue weighted by Crippen LogP contribution is -2.14. The van der Waals surface area contributed by atoms with Crippen molar-refractivity contribution < 1.29 is 4.79 Å². The van der Waals surface area contributed by atoms with Crippen molar-refractivity contribution in [1.82, 2.24) is 9.55 Å². The Balaban J connectivity index is 1.93. The van der Waals surface area contributed by atoms with E-state index in [-0.39, 0.29) is 5.57 Å². The van der Waals surface area contributed by atoms with Crippen LogP contribution >= 0.6 is 0 Å². The Morgan fingerprint density at radius 1 is 1.15 bits per heavy atom. The number of carbonyl (C=O) groups is 1. The normalized spacial score (nSPS) is 11.1. The van der Waals surface area contributed by atoms with E-state index < -0.39 is 5.91 Å². The van der Waals surface area contributed by atoms with E-state index in [0.29, 0.717) is 5.82 Å². The summed E-state index contributed by atoms with van der Waals surface area (Å²) in [5.41, 5.74) is 5.11. The van der Waals surface area contributed by atoms with Crippen LogP contribution in [0.15, 0.2) is 60.3 Å². The van der Waals surface area contributed by atoms with Crippen LogP contribution in [0.1, 0.15) is 22.5 Å². The van der Waals surface area contributed by atoms with Crippen LogP contribution in [0.25, 0.3) is 11.8 Å². The molecule has 2 heterocycles. The molecule has 1 N–H and O–H groups in total. The molecule has 0 aliphatic heterocycles. The zero-order valence-electron chi connectivity index (χ0n) is 15.5. The molecule has 0 saturated heterocycles. The number of aromatic nitrogens is 2. The predicted octanol–water partition coefficient (Wildman–Crippen LogP) is 4.34. The molecule has 0 spiro atoms. The molecule has 0 atom stereocenters. The van der Waals surface area contributed by atoms with Crippen LogP contribution in [-0.4, -0.2) is 15.5 Å². The molecule has 1 amide bonds.